The monoisotopic (exact) mass is 471 g/mol. The average molecular weight is 472 g/mol. The van der Waals surface area contributed by atoms with Crippen LogP contribution in [0, 0.1) is 11.7 Å². The fourth-order valence-corrected chi connectivity index (χ4v) is 5.07. The SMILES string of the molecule is CC[C@@H](OCC(O)CNC(C)(C)CC1Cc2ccccc2C1)c1cccc(F)c1CCC(=O)O. The molecule has 1 aliphatic rings. The van der Waals surface area contributed by atoms with E-state index in [0.29, 0.717) is 30.0 Å². The van der Waals surface area contributed by atoms with Crippen LogP contribution in [-0.2, 0) is 28.8 Å². The summed E-state index contributed by atoms with van der Waals surface area (Å²) in [6.45, 7) is 6.78. The van der Waals surface area contributed by atoms with E-state index in [2.05, 4.69) is 43.4 Å². The van der Waals surface area contributed by atoms with Crippen LogP contribution in [-0.4, -0.2) is 41.0 Å². The number of carboxylic acid groups (broad SMARTS) is 1. The van der Waals surface area contributed by atoms with Gasteiger partial charge in [0, 0.05) is 18.5 Å². The number of benzene rings is 2. The molecule has 0 bridgehead atoms. The van der Waals surface area contributed by atoms with Gasteiger partial charge in [-0.3, -0.25) is 4.79 Å². The first-order chi connectivity index (χ1) is 16.2. The number of hydrogen-bond acceptors (Lipinski definition) is 4. The van der Waals surface area contributed by atoms with E-state index in [1.165, 1.54) is 17.2 Å². The topological polar surface area (TPSA) is 78.8 Å². The van der Waals surface area contributed by atoms with E-state index in [1.54, 1.807) is 12.1 Å². The van der Waals surface area contributed by atoms with Gasteiger partial charge in [-0.15, -0.1) is 0 Å². The Kier molecular flexibility index (Phi) is 9.23. The molecule has 2 aromatic rings. The Bertz CT molecular complexity index is 936. The molecule has 0 saturated carbocycles. The van der Waals surface area contributed by atoms with Gasteiger partial charge >= 0.3 is 5.97 Å². The van der Waals surface area contributed by atoms with Crippen LogP contribution in [0.5, 0.6) is 0 Å². The number of hydrogen-bond donors (Lipinski definition) is 3. The summed E-state index contributed by atoms with van der Waals surface area (Å²) < 4.78 is 20.4. The number of fused-ring (bicyclic) bond motifs is 1. The molecule has 0 spiro atoms. The highest BCUT2D eigenvalue weighted by Crippen LogP contribution is 2.32. The molecule has 186 valence electrons. The van der Waals surface area contributed by atoms with E-state index in [-0.39, 0.29) is 25.0 Å². The minimum Gasteiger partial charge on any atom is -0.481 e. The quantitative estimate of drug-likeness (QED) is 0.389. The van der Waals surface area contributed by atoms with Gasteiger partial charge in [0.2, 0.25) is 0 Å². The third kappa shape index (κ3) is 7.36. The minimum absolute atomic E-state index is 0.112. The van der Waals surface area contributed by atoms with Crippen LogP contribution in [0.1, 0.15) is 68.4 Å². The van der Waals surface area contributed by atoms with E-state index < -0.39 is 24.0 Å². The molecule has 0 aliphatic heterocycles. The summed E-state index contributed by atoms with van der Waals surface area (Å²) in [5.74, 6) is -0.789. The maximum absolute atomic E-state index is 14.4. The Morgan fingerprint density at radius 2 is 1.85 bits per heavy atom. The first-order valence-electron chi connectivity index (χ1n) is 12.3. The van der Waals surface area contributed by atoms with Crippen LogP contribution in [0.25, 0.3) is 0 Å². The molecule has 5 nitrogen and oxygen atoms in total. The number of rotatable bonds is 13. The van der Waals surface area contributed by atoms with E-state index in [9.17, 15) is 14.3 Å². The van der Waals surface area contributed by atoms with Crippen molar-refractivity contribution in [2.24, 2.45) is 5.92 Å². The summed E-state index contributed by atoms with van der Waals surface area (Å²) in [6.07, 6.45) is 2.68. The number of carbonyl (C=O) groups is 1. The molecule has 1 aliphatic carbocycles. The second-order valence-corrected chi connectivity index (χ2v) is 10.1. The van der Waals surface area contributed by atoms with E-state index in [1.807, 2.05) is 6.92 Å². The third-order valence-electron chi connectivity index (χ3n) is 6.70. The molecule has 0 amide bonds. The minimum atomic E-state index is -0.964. The molecule has 2 atom stereocenters. The number of aliphatic hydroxyl groups is 1. The summed E-state index contributed by atoms with van der Waals surface area (Å²) in [5.41, 5.74) is 3.81. The fraction of sp³-hybridized carbons (Fsp3) is 0.536. The highest BCUT2D eigenvalue weighted by Gasteiger charge is 2.28. The zero-order chi connectivity index (χ0) is 24.7. The number of aliphatic carboxylic acids is 1. The Morgan fingerprint density at radius 1 is 1.18 bits per heavy atom. The van der Waals surface area contributed by atoms with Gasteiger partial charge in [0.05, 0.1) is 18.8 Å². The van der Waals surface area contributed by atoms with E-state index >= 15 is 0 Å². The second-order valence-electron chi connectivity index (χ2n) is 10.1. The van der Waals surface area contributed by atoms with Gasteiger partial charge in [-0.1, -0.05) is 43.3 Å². The smallest absolute Gasteiger partial charge is 0.303 e. The number of nitrogens with one attached hydrogen (secondary N) is 1. The maximum atomic E-state index is 14.4. The molecule has 34 heavy (non-hydrogen) atoms. The van der Waals surface area contributed by atoms with Gasteiger partial charge in [-0.05, 0) is 80.2 Å². The normalized spacial score (nSPS) is 15.8. The van der Waals surface area contributed by atoms with Crippen molar-refractivity contribution in [2.75, 3.05) is 13.2 Å². The Morgan fingerprint density at radius 3 is 2.47 bits per heavy atom. The lowest BCUT2D eigenvalue weighted by molar-refractivity contribution is -0.136. The lowest BCUT2D eigenvalue weighted by Gasteiger charge is -2.31. The van der Waals surface area contributed by atoms with Gasteiger partial charge < -0.3 is 20.3 Å². The molecule has 0 radical (unpaired) electrons. The summed E-state index contributed by atoms with van der Waals surface area (Å²) in [7, 11) is 0. The fourth-order valence-electron chi connectivity index (χ4n) is 5.07. The zero-order valence-electron chi connectivity index (χ0n) is 20.5. The Labute approximate surface area is 202 Å². The molecule has 2 aromatic carbocycles. The summed E-state index contributed by atoms with van der Waals surface area (Å²) in [6, 6.07) is 13.4. The average Bonchev–Trinajstić information content (AvgIpc) is 3.19. The summed E-state index contributed by atoms with van der Waals surface area (Å²) >= 11 is 0. The molecule has 0 fully saturated rings. The van der Waals surface area contributed by atoms with Gasteiger partial charge in [-0.25, -0.2) is 4.39 Å². The van der Waals surface area contributed by atoms with Gasteiger partial charge in [0.1, 0.15) is 5.82 Å². The van der Waals surface area contributed by atoms with Gasteiger partial charge in [-0.2, -0.15) is 0 Å². The third-order valence-corrected chi connectivity index (χ3v) is 6.70. The van der Waals surface area contributed by atoms with Crippen LogP contribution in [0.15, 0.2) is 42.5 Å². The summed E-state index contributed by atoms with van der Waals surface area (Å²) in [4.78, 5) is 11.0. The first kappa shape index (κ1) is 26.3. The Balaban J connectivity index is 1.49. The summed E-state index contributed by atoms with van der Waals surface area (Å²) in [5, 5.41) is 23.1. The molecule has 3 rings (SSSR count). The molecular weight excluding hydrogens is 433 g/mol. The molecule has 0 heterocycles. The molecule has 1 unspecified atom stereocenters. The number of aliphatic hydroxyl groups excluding tert-OH is 1. The van der Waals surface area contributed by atoms with Crippen molar-refractivity contribution in [3.8, 4) is 0 Å². The zero-order valence-corrected chi connectivity index (χ0v) is 20.5. The van der Waals surface area contributed by atoms with Crippen molar-refractivity contribution < 1.29 is 24.1 Å². The van der Waals surface area contributed by atoms with Crippen molar-refractivity contribution in [3.05, 3.63) is 70.5 Å². The van der Waals surface area contributed by atoms with Crippen molar-refractivity contribution in [2.45, 2.75) is 77.0 Å². The van der Waals surface area contributed by atoms with E-state index in [4.69, 9.17) is 9.84 Å². The van der Waals surface area contributed by atoms with Crippen molar-refractivity contribution in [1.82, 2.24) is 5.32 Å². The molecule has 3 N–H and O–H groups in total. The number of β-amino-alcohol motifs (C(OH)–C–C–N with tert-alkyl or cyclic N) is 1. The number of halogens is 1. The van der Waals surface area contributed by atoms with Crippen molar-refractivity contribution in [3.63, 3.8) is 0 Å². The highest BCUT2D eigenvalue weighted by atomic mass is 19.1. The predicted molar refractivity (Wildman–Crippen MR) is 131 cm³/mol. The van der Waals surface area contributed by atoms with Crippen LogP contribution in [0.4, 0.5) is 4.39 Å². The molecule has 6 heteroatoms. The van der Waals surface area contributed by atoms with Crippen LogP contribution < -0.4 is 5.32 Å². The molecule has 0 saturated heterocycles. The van der Waals surface area contributed by atoms with Crippen LogP contribution in [0.2, 0.25) is 0 Å². The lowest BCUT2D eigenvalue weighted by atomic mass is 9.88. The number of ether oxygens (including phenoxy) is 1. The number of carboxylic acids is 1. The molecular formula is C28H38FNO4. The standard InChI is InChI=1S/C28H38FNO4/c1-4-26(24-10-7-11-25(29)23(24)12-13-27(32)33)34-18-22(31)17-30-28(2,3)16-19-14-20-8-5-6-9-21(20)15-19/h5-11,19,22,26,30-31H,4,12-18H2,1-3H3,(H,32,33)/t22?,26-/m1/s1. The van der Waals surface area contributed by atoms with Crippen molar-refractivity contribution in [1.29, 1.82) is 0 Å². The molecule has 0 aromatic heterocycles. The maximum Gasteiger partial charge on any atom is 0.303 e. The highest BCUT2D eigenvalue weighted by molar-refractivity contribution is 5.67. The largest absolute Gasteiger partial charge is 0.481 e. The van der Waals surface area contributed by atoms with Gasteiger partial charge in [0.25, 0.3) is 0 Å². The predicted octanol–water partition coefficient (Wildman–Crippen LogP) is 4.84. The van der Waals surface area contributed by atoms with E-state index in [0.717, 1.165) is 19.3 Å². The van der Waals surface area contributed by atoms with Crippen molar-refractivity contribution >= 4 is 5.97 Å². The first-order valence-corrected chi connectivity index (χ1v) is 12.3. The van der Waals surface area contributed by atoms with Crippen LogP contribution >= 0.6 is 0 Å². The Hall–Kier alpha value is -2.28. The van der Waals surface area contributed by atoms with Gasteiger partial charge in [0.15, 0.2) is 0 Å². The van der Waals surface area contributed by atoms with Crippen LogP contribution in [0.3, 0.4) is 0 Å². The second kappa shape index (κ2) is 11.9. The lowest BCUT2D eigenvalue weighted by Crippen LogP contribution is -2.45.